The van der Waals surface area contributed by atoms with Gasteiger partial charge in [-0.05, 0) is 210 Å². The fourth-order valence-electron chi connectivity index (χ4n) is 11.3. The van der Waals surface area contributed by atoms with Crippen LogP contribution in [0.2, 0.25) is 90.7 Å². The summed E-state index contributed by atoms with van der Waals surface area (Å²) in [6.45, 7) is 30.4. The maximum atomic E-state index is 14.1. The topological polar surface area (TPSA) is 117 Å². The van der Waals surface area contributed by atoms with E-state index < -0.39 is 62.4 Å². The number of hydrogen-bond acceptors (Lipinski definition) is 11. The van der Waals surface area contributed by atoms with Crippen molar-refractivity contribution in [3.05, 3.63) is 178 Å². The number of rotatable bonds is 25. The van der Waals surface area contributed by atoms with E-state index in [1.165, 1.54) is 0 Å². The summed E-state index contributed by atoms with van der Waals surface area (Å²) in [7, 11) is -13.9. The number of aryl methyl sites for hydroxylation is 4. The molecule has 2 atom stereocenters. The number of carbonyl (C=O) groups excluding carboxylic acids is 2. The second-order valence-electron chi connectivity index (χ2n) is 23.4. The highest BCUT2D eigenvalue weighted by molar-refractivity contribution is 6.91. The van der Waals surface area contributed by atoms with Crippen molar-refractivity contribution in [2.24, 2.45) is 0 Å². The first-order valence-corrected chi connectivity index (χ1v) is 44.3. The van der Waals surface area contributed by atoms with Crippen LogP contribution >= 0.6 is 0 Å². The summed E-state index contributed by atoms with van der Waals surface area (Å²) in [5.74, 6) is 2.21. The number of hydrogen-bond donors (Lipinski definition) is 0. The van der Waals surface area contributed by atoms with E-state index in [0.717, 1.165) is 74.2 Å². The zero-order chi connectivity index (χ0) is 56.0. The molecule has 0 bridgehead atoms. The molecule has 0 radical (unpaired) electrons. The van der Waals surface area contributed by atoms with E-state index >= 15 is 0 Å². The van der Waals surface area contributed by atoms with E-state index in [2.05, 4.69) is 151 Å². The van der Waals surface area contributed by atoms with Crippen molar-refractivity contribution in [1.29, 1.82) is 0 Å². The Morgan fingerprint density at radius 3 is 1.40 bits per heavy atom. The van der Waals surface area contributed by atoms with Gasteiger partial charge in [0.15, 0.2) is 16.6 Å². The summed E-state index contributed by atoms with van der Waals surface area (Å²) >= 11 is 0. The lowest BCUT2D eigenvalue weighted by Crippen LogP contribution is -2.61. The van der Waals surface area contributed by atoms with Crippen molar-refractivity contribution in [2.75, 3.05) is 7.11 Å². The van der Waals surface area contributed by atoms with Gasteiger partial charge in [0, 0.05) is 0 Å². The van der Waals surface area contributed by atoms with Crippen LogP contribution in [0.25, 0.3) is 11.1 Å². The molecule has 77 heavy (non-hydrogen) atoms. The molecule has 6 aromatic rings. The smallest absolute Gasteiger partial charge is 0.496 e. The predicted octanol–water partition coefficient (Wildman–Crippen LogP) is 15.7. The Morgan fingerprint density at radius 1 is 0.481 bits per heavy atom. The Balaban J connectivity index is 1.09. The van der Waals surface area contributed by atoms with Gasteiger partial charge in [-0.15, -0.1) is 0 Å². The van der Waals surface area contributed by atoms with Crippen molar-refractivity contribution >= 4 is 63.5 Å². The summed E-state index contributed by atoms with van der Waals surface area (Å²) in [5.41, 5.74) is 9.50. The fourth-order valence-corrected chi connectivity index (χ4v) is 40.3. The monoisotopic (exact) mass is 1140 g/mol. The number of para-hydroxylation sites is 2. The highest BCUT2D eigenvalue weighted by Gasteiger charge is 2.50. The lowest BCUT2D eigenvalue weighted by molar-refractivity contribution is -0.120. The van der Waals surface area contributed by atoms with E-state index in [1.54, 1.807) is 7.11 Å². The molecule has 0 aliphatic heterocycles. The SMILES string of the molecule is COc1cc(C2(c3ccc(C)c(OC(=O)Oc4ccccc4CCC[Si](C)(O[Si](C)(C)C)O[Si](C)(C)O[Si](C)(CCCc4ccccc4OC=O)O[Si](C)(C)O[Si](C)(C)C)c3)c3ccccc3-c3ccccc32)ccc1C. The normalized spacial score (nSPS) is 14.9. The molecule has 1 aliphatic carbocycles. The number of fused-ring (bicyclic) bond motifs is 3. The van der Waals surface area contributed by atoms with Crippen LogP contribution in [-0.4, -0.2) is 70.6 Å². The standard InChI is InChI=1S/C60H80O11Si6/c1-45-36-38-49(42-57(45)63-3)60(53-32-20-18-30-51(53)52-31-19-21-33-54(52)60)50-39-37-46(2)58(43-50)66-59(62)65-56-35-23-17-27-48(56)29-25-40-76(14,68-73(7,8)9)70-75(12,13)71-77(15,69-74(10,11)67-72(4,5)6)41-24-28-47-26-16-22-34-55(47)64-44-61/h16-23,26-27,30-39,42-44H,24-25,28-29,40-41H2,1-15H3. The van der Waals surface area contributed by atoms with E-state index in [0.29, 0.717) is 48.7 Å². The Labute approximate surface area is 464 Å². The van der Waals surface area contributed by atoms with Crippen LogP contribution in [0.5, 0.6) is 23.0 Å². The van der Waals surface area contributed by atoms with Gasteiger partial charge < -0.3 is 39.5 Å². The third-order valence-electron chi connectivity index (χ3n) is 13.5. The van der Waals surface area contributed by atoms with Crippen molar-refractivity contribution < 1.29 is 49.1 Å². The van der Waals surface area contributed by atoms with Crippen LogP contribution in [0.3, 0.4) is 0 Å². The number of methoxy groups -OCH3 is 1. The first-order chi connectivity index (χ1) is 36.2. The Kier molecular flexibility index (Phi) is 18.7. The molecule has 6 aromatic carbocycles. The molecule has 0 amide bonds. The summed E-state index contributed by atoms with van der Waals surface area (Å²) in [5, 5.41) is 0. The summed E-state index contributed by atoms with van der Waals surface area (Å²) < 4.78 is 59.1. The molecule has 11 nitrogen and oxygen atoms in total. The predicted molar refractivity (Wildman–Crippen MR) is 323 cm³/mol. The van der Waals surface area contributed by atoms with Gasteiger partial charge in [0.05, 0.1) is 12.5 Å². The van der Waals surface area contributed by atoms with Gasteiger partial charge in [0.25, 0.3) is 6.47 Å². The summed E-state index contributed by atoms with van der Waals surface area (Å²) in [6.07, 6.45) is 1.97. The summed E-state index contributed by atoms with van der Waals surface area (Å²) in [6, 6.07) is 46.3. The van der Waals surface area contributed by atoms with Crippen LogP contribution in [0, 0.1) is 13.8 Å². The molecule has 1 aliphatic rings. The van der Waals surface area contributed by atoms with Crippen LogP contribution < -0.4 is 18.9 Å². The zero-order valence-corrected chi connectivity index (χ0v) is 54.0. The second-order valence-corrected chi connectivity index (χ2v) is 47.1. The van der Waals surface area contributed by atoms with Gasteiger partial charge in [-0.2, -0.15) is 0 Å². The molecule has 0 saturated carbocycles. The van der Waals surface area contributed by atoms with Crippen LogP contribution in [0.1, 0.15) is 57.3 Å². The van der Waals surface area contributed by atoms with Gasteiger partial charge in [-0.3, -0.25) is 4.79 Å². The minimum atomic E-state index is -2.97. The molecule has 0 N–H and O–H groups in total. The van der Waals surface area contributed by atoms with E-state index in [-0.39, 0.29) is 0 Å². The van der Waals surface area contributed by atoms with Gasteiger partial charge in [-0.1, -0.05) is 109 Å². The Hall–Kier alpha value is -5.04. The molecule has 2 unspecified atom stereocenters. The molecule has 410 valence electrons. The molecule has 17 heteroatoms. The maximum Gasteiger partial charge on any atom is 0.519 e. The van der Waals surface area contributed by atoms with Crippen LogP contribution in [-0.2, 0) is 43.6 Å². The lowest BCUT2D eigenvalue weighted by atomic mass is 9.67. The average Bonchev–Trinajstić information content (AvgIpc) is 3.62. The van der Waals surface area contributed by atoms with E-state index in [9.17, 15) is 9.59 Å². The molecule has 0 heterocycles. The van der Waals surface area contributed by atoms with Gasteiger partial charge >= 0.3 is 40.4 Å². The van der Waals surface area contributed by atoms with Crippen molar-refractivity contribution in [3.8, 4) is 34.1 Å². The van der Waals surface area contributed by atoms with E-state index in [1.807, 2.05) is 74.5 Å². The number of carbonyl (C=O) groups is 2. The molecule has 7 rings (SSSR count). The van der Waals surface area contributed by atoms with Crippen molar-refractivity contribution in [3.63, 3.8) is 0 Å². The zero-order valence-electron chi connectivity index (χ0n) is 48.0. The number of ether oxygens (including phenoxy) is 4. The second kappa shape index (κ2) is 24.1. The third kappa shape index (κ3) is 15.0. The summed E-state index contributed by atoms with van der Waals surface area (Å²) in [4.78, 5) is 25.3. The van der Waals surface area contributed by atoms with Crippen LogP contribution in [0.15, 0.2) is 133 Å². The highest BCUT2D eigenvalue weighted by atomic mass is 28.5. The fraction of sp³-hybridized carbons (Fsp3) is 0.367. The maximum absolute atomic E-state index is 14.1. The Bertz CT molecular complexity index is 3000. The minimum Gasteiger partial charge on any atom is -0.496 e. The minimum absolute atomic E-state index is 0.412. The lowest BCUT2D eigenvalue weighted by Gasteiger charge is -2.44. The third-order valence-corrected chi connectivity index (χ3v) is 35.7. The molecule has 0 aromatic heterocycles. The van der Waals surface area contributed by atoms with Crippen molar-refractivity contribution in [2.45, 2.75) is 136 Å². The van der Waals surface area contributed by atoms with E-state index in [4.69, 9.17) is 39.5 Å². The first-order valence-electron chi connectivity index (χ1n) is 26.8. The quantitative estimate of drug-likeness (QED) is 0.0236. The Morgan fingerprint density at radius 2 is 0.896 bits per heavy atom. The largest absolute Gasteiger partial charge is 0.519 e. The average molecular weight is 1150 g/mol. The molecular formula is C60H80O11Si6. The first kappa shape index (κ1) is 59.6. The molecule has 0 fully saturated rings. The molecule has 0 spiro atoms. The van der Waals surface area contributed by atoms with Crippen molar-refractivity contribution in [1.82, 2.24) is 0 Å². The highest BCUT2D eigenvalue weighted by Crippen LogP contribution is 2.57. The van der Waals surface area contributed by atoms with Crippen LogP contribution in [0.4, 0.5) is 4.79 Å². The number of benzene rings is 6. The van der Waals surface area contributed by atoms with Gasteiger partial charge in [0.1, 0.15) is 23.0 Å². The molecule has 0 saturated heterocycles. The van der Waals surface area contributed by atoms with Gasteiger partial charge in [0.2, 0.25) is 0 Å². The molecular weight excluding hydrogens is 1070 g/mol. The van der Waals surface area contributed by atoms with Gasteiger partial charge in [-0.25, -0.2) is 4.79 Å².